The molecule has 1 rings (SSSR count). The summed E-state index contributed by atoms with van der Waals surface area (Å²) < 4.78 is 2.40. The van der Waals surface area contributed by atoms with Crippen molar-refractivity contribution in [2.75, 3.05) is 12.3 Å². The van der Waals surface area contributed by atoms with Crippen molar-refractivity contribution in [3.05, 3.63) is 18.0 Å². The van der Waals surface area contributed by atoms with Crippen LogP contribution in [0.4, 0.5) is 0 Å². The second kappa shape index (κ2) is 6.30. The van der Waals surface area contributed by atoms with Gasteiger partial charge >= 0.3 is 0 Å². The van der Waals surface area contributed by atoms with Gasteiger partial charge in [0.25, 0.3) is 0 Å². The Balaban J connectivity index is 2.16. The fourth-order valence-corrected chi connectivity index (χ4v) is 2.30. The van der Waals surface area contributed by atoms with Gasteiger partial charge in [0.05, 0.1) is 5.69 Å². The fourth-order valence-electron chi connectivity index (χ4n) is 1.44. The molecule has 1 heterocycles. The molecule has 1 N–H and O–H groups in total. The normalized spacial score (nSPS) is 12.0. The van der Waals surface area contributed by atoms with E-state index >= 15 is 0 Å². The predicted octanol–water partition coefficient (Wildman–Crippen LogP) is 2.52. The van der Waals surface area contributed by atoms with Crippen molar-refractivity contribution < 1.29 is 0 Å². The molecule has 0 aliphatic rings. The summed E-state index contributed by atoms with van der Waals surface area (Å²) in [6, 6.07) is 2.08. The van der Waals surface area contributed by atoms with Crippen LogP contribution in [0.3, 0.4) is 0 Å². The van der Waals surface area contributed by atoms with Gasteiger partial charge in [0, 0.05) is 36.3 Å². The summed E-state index contributed by atoms with van der Waals surface area (Å²) in [6.07, 6.45) is 1.87. The highest BCUT2D eigenvalue weighted by molar-refractivity contribution is 8.00. The SMILES string of the molecule is CCn1nccc1CNCCSC(C)(C)C. The number of nitrogens with zero attached hydrogens (tertiary/aromatic N) is 2. The molecule has 0 aliphatic heterocycles. The van der Waals surface area contributed by atoms with E-state index in [-0.39, 0.29) is 0 Å². The molecular formula is C12H23N3S. The second-order valence-corrected chi connectivity index (χ2v) is 6.70. The predicted molar refractivity (Wildman–Crippen MR) is 71.8 cm³/mol. The number of rotatable bonds is 6. The Kier molecular flexibility index (Phi) is 5.35. The van der Waals surface area contributed by atoms with Gasteiger partial charge in [-0.3, -0.25) is 4.68 Å². The number of aromatic nitrogens is 2. The molecule has 0 aliphatic carbocycles. The van der Waals surface area contributed by atoms with Crippen LogP contribution in [0, 0.1) is 0 Å². The van der Waals surface area contributed by atoms with Crippen LogP contribution in [-0.2, 0) is 13.1 Å². The third kappa shape index (κ3) is 5.03. The highest BCUT2D eigenvalue weighted by atomic mass is 32.2. The standard InChI is InChI=1S/C12H23N3S/c1-5-15-11(6-7-14-15)10-13-8-9-16-12(2,3)4/h6-7,13H,5,8-10H2,1-4H3. The third-order valence-electron chi connectivity index (χ3n) is 2.22. The highest BCUT2D eigenvalue weighted by Gasteiger charge is 2.09. The van der Waals surface area contributed by atoms with Gasteiger partial charge in [-0.25, -0.2) is 0 Å². The van der Waals surface area contributed by atoms with Gasteiger partial charge in [0.15, 0.2) is 0 Å². The third-order valence-corrected chi connectivity index (χ3v) is 3.50. The van der Waals surface area contributed by atoms with E-state index in [0.717, 1.165) is 25.4 Å². The zero-order chi connectivity index (χ0) is 12.0. The summed E-state index contributed by atoms with van der Waals surface area (Å²) in [5.74, 6) is 1.16. The fraction of sp³-hybridized carbons (Fsp3) is 0.750. The molecule has 0 amide bonds. The maximum atomic E-state index is 4.24. The van der Waals surface area contributed by atoms with E-state index in [2.05, 4.69) is 44.2 Å². The Labute approximate surface area is 103 Å². The van der Waals surface area contributed by atoms with Crippen LogP contribution in [0.25, 0.3) is 0 Å². The molecule has 0 saturated carbocycles. The molecule has 4 heteroatoms. The van der Waals surface area contributed by atoms with Gasteiger partial charge in [-0.15, -0.1) is 0 Å². The van der Waals surface area contributed by atoms with Crippen molar-refractivity contribution in [1.82, 2.24) is 15.1 Å². The number of hydrogen-bond donors (Lipinski definition) is 1. The molecule has 1 aromatic heterocycles. The van der Waals surface area contributed by atoms with Crippen molar-refractivity contribution in [1.29, 1.82) is 0 Å². The van der Waals surface area contributed by atoms with E-state index in [1.807, 2.05) is 22.6 Å². The van der Waals surface area contributed by atoms with E-state index in [1.165, 1.54) is 5.69 Å². The van der Waals surface area contributed by atoms with Crippen LogP contribution in [0.15, 0.2) is 12.3 Å². The first-order chi connectivity index (χ1) is 7.53. The molecule has 16 heavy (non-hydrogen) atoms. The van der Waals surface area contributed by atoms with Gasteiger partial charge < -0.3 is 5.32 Å². The maximum absolute atomic E-state index is 4.24. The van der Waals surface area contributed by atoms with Crippen molar-refractivity contribution in [3.8, 4) is 0 Å². The van der Waals surface area contributed by atoms with E-state index in [1.54, 1.807) is 0 Å². The lowest BCUT2D eigenvalue weighted by atomic mass is 10.3. The van der Waals surface area contributed by atoms with E-state index < -0.39 is 0 Å². The van der Waals surface area contributed by atoms with Crippen LogP contribution < -0.4 is 5.32 Å². The summed E-state index contributed by atoms with van der Waals surface area (Å²) in [5, 5.41) is 7.70. The minimum atomic E-state index is 0.368. The Bertz CT molecular complexity index is 301. The average molecular weight is 241 g/mol. The molecular weight excluding hydrogens is 218 g/mol. The topological polar surface area (TPSA) is 29.9 Å². The zero-order valence-corrected chi connectivity index (χ0v) is 11.6. The number of nitrogens with one attached hydrogen (secondary N) is 1. The zero-order valence-electron chi connectivity index (χ0n) is 10.8. The molecule has 92 valence electrons. The Morgan fingerprint density at radius 2 is 2.19 bits per heavy atom. The van der Waals surface area contributed by atoms with Crippen LogP contribution in [0.2, 0.25) is 0 Å². The number of hydrogen-bond acceptors (Lipinski definition) is 3. The minimum absolute atomic E-state index is 0.368. The first kappa shape index (κ1) is 13.6. The van der Waals surface area contributed by atoms with Crippen LogP contribution >= 0.6 is 11.8 Å². The molecule has 0 atom stereocenters. The first-order valence-corrected chi connectivity index (χ1v) is 6.87. The van der Waals surface area contributed by atoms with Gasteiger partial charge in [-0.1, -0.05) is 20.8 Å². The molecule has 0 unspecified atom stereocenters. The molecule has 0 aromatic carbocycles. The molecule has 0 spiro atoms. The lowest BCUT2D eigenvalue weighted by Crippen LogP contribution is -2.21. The summed E-state index contributed by atoms with van der Waals surface area (Å²) in [5.41, 5.74) is 1.27. The molecule has 0 fully saturated rings. The summed E-state index contributed by atoms with van der Waals surface area (Å²) in [4.78, 5) is 0. The quantitative estimate of drug-likeness (QED) is 0.776. The molecule has 3 nitrogen and oxygen atoms in total. The van der Waals surface area contributed by atoms with Crippen LogP contribution in [0.5, 0.6) is 0 Å². The van der Waals surface area contributed by atoms with E-state index in [0.29, 0.717) is 4.75 Å². The van der Waals surface area contributed by atoms with E-state index in [4.69, 9.17) is 0 Å². The smallest absolute Gasteiger partial charge is 0.0521 e. The maximum Gasteiger partial charge on any atom is 0.0521 e. The molecule has 1 aromatic rings. The van der Waals surface area contributed by atoms with Crippen LogP contribution in [0.1, 0.15) is 33.4 Å². The highest BCUT2D eigenvalue weighted by Crippen LogP contribution is 2.21. The lowest BCUT2D eigenvalue weighted by molar-refractivity contribution is 0.590. The second-order valence-electron chi connectivity index (χ2n) is 4.78. The Morgan fingerprint density at radius 1 is 1.44 bits per heavy atom. The molecule has 0 bridgehead atoms. The lowest BCUT2D eigenvalue weighted by Gasteiger charge is -2.17. The summed E-state index contributed by atoms with van der Waals surface area (Å²) >= 11 is 2.00. The number of aryl methyl sites for hydroxylation is 1. The van der Waals surface area contributed by atoms with Crippen molar-refractivity contribution >= 4 is 11.8 Å². The Morgan fingerprint density at radius 3 is 2.81 bits per heavy atom. The van der Waals surface area contributed by atoms with Gasteiger partial charge in [0.2, 0.25) is 0 Å². The monoisotopic (exact) mass is 241 g/mol. The van der Waals surface area contributed by atoms with Gasteiger partial charge in [-0.2, -0.15) is 16.9 Å². The van der Waals surface area contributed by atoms with Crippen molar-refractivity contribution in [3.63, 3.8) is 0 Å². The van der Waals surface area contributed by atoms with Crippen molar-refractivity contribution in [2.45, 2.75) is 45.5 Å². The van der Waals surface area contributed by atoms with E-state index in [9.17, 15) is 0 Å². The molecule has 0 radical (unpaired) electrons. The van der Waals surface area contributed by atoms with Gasteiger partial charge in [-0.05, 0) is 13.0 Å². The Hall–Kier alpha value is -0.480. The summed E-state index contributed by atoms with van der Waals surface area (Å²) in [6.45, 7) is 11.8. The molecule has 0 saturated heterocycles. The van der Waals surface area contributed by atoms with Gasteiger partial charge in [0.1, 0.15) is 0 Å². The first-order valence-electron chi connectivity index (χ1n) is 5.88. The number of thioether (sulfide) groups is 1. The van der Waals surface area contributed by atoms with Crippen molar-refractivity contribution in [2.24, 2.45) is 0 Å². The minimum Gasteiger partial charge on any atom is -0.310 e. The largest absolute Gasteiger partial charge is 0.310 e. The average Bonchev–Trinajstić information content (AvgIpc) is 2.63. The summed E-state index contributed by atoms with van der Waals surface area (Å²) in [7, 11) is 0. The van der Waals surface area contributed by atoms with Crippen LogP contribution in [-0.4, -0.2) is 26.8 Å².